The Morgan fingerprint density at radius 3 is 2.49 bits per heavy atom. The first-order valence-corrected chi connectivity index (χ1v) is 13.3. The molecule has 1 atom stereocenters. The van der Waals surface area contributed by atoms with E-state index in [9.17, 15) is 18.0 Å². The van der Waals surface area contributed by atoms with E-state index in [1.165, 1.54) is 11.4 Å². The number of rotatable bonds is 8. The number of hydrogen-bond donors (Lipinski definition) is 1. The number of methoxy groups -OCH3 is 1. The number of nitrogens with zero attached hydrogens (tertiary/aromatic N) is 2. The van der Waals surface area contributed by atoms with Crippen LogP contribution in [0.2, 0.25) is 0 Å². The molecule has 0 spiro atoms. The monoisotopic (exact) mass is 505 g/mol. The summed E-state index contributed by atoms with van der Waals surface area (Å²) < 4.78 is 41.3. The molecule has 0 unspecified atom stereocenters. The molecule has 0 radical (unpaired) electrons. The normalized spacial score (nSPS) is 16.7. The maximum atomic E-state index is 13.8. The Morgan fingerprint density at radius 2 is 1.86 bits per heavy atom. The number of benzene rings is 1. The van der Waals surface area contributed by atoms with Gasteiger partial charge in [-0.25, -0.2) is 13.2 Å². The van der Waals surface area contributed by atoms with E-state index in [0.717, 1.165) is 5.56 Å². The number of esters is 1. The van der Waals surface area contributed by atoms with Crippen LogP contribution < -0.4 is 10.1 Å². The highest BCUT2D eigenvalue weighted by atomic mass is 32.2. The number of carbonyl (C=O) groups excluding carboxylic acids is 2. The number of ether oxygens (including phenoxy) is 2. The van der Waals surface area contributed by atoms with E-state index in [1.54, 1.807) is 31.4 Å². The Balaban J connectivity index is 1.92. The summed E-state index contributed by atoms with van der Waals surface area (Å²) in [6, 6.07) is 5.49. The fourth-order valence-corrected chi connectivity index (χ4v) is 6.72. The highest BCUT2D eigenvalue weighted by Crippen LogP contribution is 2.33. The minimum Gasteiger partial charge on any atom is -0.495 e. The molecule has 1 aliphatic rings. The van der Waals surface area contributed by atoms with Gasteiger partial charge in [0.2, 0.25) is 15.9 Å². The summed E-state index contributed by atoms with van der Waals surface area (Å²) in [5.74, 6) is -0.921. The number of nitrogens with one attached hydrogen (secondary N) is 1. The molecule has 3 rings (SSSR count). The second-order valence-corrected chi connectivity index (χ2v) is 10.6. The summed E-state index contributed by atoms with van der Waals surface area (Å²) >= 11 is 0. The van der Waals surface area contributed by atoms with Gasteiger partial charge in [-0.3, -0.25) is 4.79 Å². The fraction of sp³-hybridized carbons (Fsp3) is 0.520. The number of carbonyl (C=O) groups is 2. The van der Waals surface area contributed by atoms with Gasteiger partial charge in [0, 0.05) is 31.0 Å². The van der Waals surface area contributed by atoms with Crippen molar-refractivity contribution in [1.29, 1.82) is 0 Å². The lowest BCUT2D eigenvalue weighted by Crippen LogP contribution is -2.44. The lowest BCUT2D eigenvalue weighted by atomic mass is 9.98. The Bertz CT molecular complexity index is 1220. The van der Waals surface area contributed by atoms with Crippen LogP contribution in [0.3, 0.4) is 0 Å². The van der Waals surface area contributed by atoms with Crippen molar-refractivity contribution in [2.75, 3.05) is 32.1 Å². The van der Waals surface area contributed by atoms with Gasteiger partial charge in [0.05, 0.1) is 25.3 Å². The molecule has 0 aliphatic carbocycles. The summed E-state index contributed by atoms with van der Waals surface area (Å²) in [5, 5.41) is 2.90. The molecule has 2 heterocycles. The Labute approximate surface area is 207 Å². The summed E-state index contributed by atoms with van der Waals surface area (Å²) in [6.45, 7) is 9.88. The van der Waals surface area contributed by atoms with Crippen LogP contribution in [0.5, 0.6) is 5.75 Å². The predicted molar refractivity (Wildman–Crippen MR) is 133 cm³/mol. The molecule has 1 amide bonds. The molecule has 1 saturated heterocycles. The molecule has 1 fully saturated rings. The third-order valence-corrected chi connectivity index (χ3v) is 8.52. The standard InChI is InChI=1S/C25H35N3O6S/c1-7-28-17(4)22(25(30)34-8-2)23(18(28)5)35(31,32)27-13-9-10-19(15-27)24(29)26-20-14-16(3)11-12-21(20)33-6/h11-12,14,19H,7-10,13,15H2,1-6H3,(H,26,29)/t19-/m0/s1. The van der Waals surface area contributed by atoms with Gasteiger partial charge in [-0.2, -0.15) is 4.31 Å². The van der Waals surface area contributed by atoms with E-state index in [4.69, 9.17) is 9.47 Å². The van der Waals surface area contributed by atoms with Gasteiger partial charge in [-0.05, 0) is 65.2 Å². The number of anilines is 1. The average molecular weight is 506 g/mol. The minimum atomic E-state index is -4.05. The molecule has 0 bridgehead atoms. The number of piperidine rings is 1. The first-order valence-electron chi connectivity index (χ1n) is 11.9. The quantitative estimate of drug-likeness (QED) is 0.549. The van der Waals surface area contributed by atoms with Gasteiger partial charge in [0.1, 0.15) is 16.2 Å². The zero-order valence-electron chi connectivity index (χ0n) is 21.3. The molecule has 1 aromatic carbocycles. The van der Waals surface area contributed by atoms with Crippen LogP contribution in [-0.4, -0.2) is 56.0 Å². The van der Waals surface area contributed by atoms with Crippen molar-refractivity contribution < 1.29 is 27.5 Å². The Hall–Kier alpha value is -2.85. The summed E-state index contributed by atoms with van der Waals surface area (Å²) in [5.41, 5.74) is 2.63. The highest BCUT2D eigenvalue weighted by molar-refractivity contribution is 7.89. The number of amides is 1. The van der Waals surface area contributed by atoms with E-state index >= 15 is 0 Å². The van der Waals surface area contributed by atoms with E-state index in [-0.39, 0.29) is 36.1 Å². The van der Waals surface area contributed by atoms with E-state index < -0.39 is 21.9 Å². The maximum Gasteiger partial charge on any atom is 0.341 e. The smallest absolute Gasteiger partial charge is 0.341 e. The van der Waals surface area contributed by atoms with Crippen molar-refractivity contribution in [3.8, 4) is 5.75 Å². The lowest BCUT2D eigenvalue weighted by molar-refractivity contribution is -0.120. The average Bonchev–Trinajstić information content (AvgIpc) is 3.09. The van der Waals surface area contributed by atoms with Gasteiger partial charge in [0.15, 0.2) is 0 Å². The predicted octanol–water partition coefficient (Wildman–Crippen LogP) is 3.66. The van der Waals surface area contributed by atoms with Crippen LogP contribution in [0, 0.1) is 26.7 Å². The van der Waals surface area contributed by atoms with Crippen LogP contribution in [0.15, 0.2) is 23.1 Å². The minimum absolute atomic E-state index is 0.0281. The van der Waals surface area contributed by atoms with Crippen LogP contribution in [0.1, 0.15) is 54.0 Å². The van der Waals surface area contributed by atoms with E-state index in [2.05, 4.69) is 5.32 Å². The molecule has 10 heteroatoms. The molecule has 2 aromatic rings. The SMILES string of the molecule is CCOC(=O)c1c(S(=O)(=O)N2CCC[C@H](C(=O)Nc3cc(C)ccc3OC)C2)c(C)n(CC)c1C. The third kappa shape index (κ3) is 5.23. The van der Waals surface area contributed by atoms with Crippen molar-refractivity contribution in [1.82, 2.24) is 8.87 Å². The van der Waals surface area contributed by atoms with Crippen LogP contribution >= 0.6 is 0 Å². The van der Waals surface area contributed by atoms with Crippen LogP contribution in [0.25, 0.3) is 0 Å². The Morgan fingerprint density at radius 1 is 1.14 bits per heavy atom. The van der Waals surface area contributed by atoms with Gasteiger partial charge in [-0.1, -0.05) is 6.07 Å². The van der Waals surface area contributed by atoms with Crippen molar-refractivity contribution >= 4 is 27.6 Å². The number of aryl methyl sites for hydroxylation is 1. The summed E-state index contributed by atoms with van der Waals surface area (Å²) in [7, 11) is -2.52. The molecule has 0 saturated carbocycles. The fourth-order valence-electron chi connectivity index (χ4n) is 4.75. The molecular formula is C25H35N3O6S. The largest absolute Gasteiger partial charge is 0.495 e. The zero-order chi connectivity index (χ0) is 25.9. The van der Waals surface area contributed by atoms with Crippen molar-refractivity contribution in [3.63, 3.8) is 0 Å². The molecule has 192 valence electrons. The van der Waals surface area contributed by atoms with Crippen molar-refractivity contribution in [3.05, 3.63) is 40.7 Å². The summed E-state index contributed by atoms with van der Waals surface area (Å²) in [6.07, 6.45) is 1.09. The van der Waals surface area contributed by atoms with Gasteiger partial charge in [-0.15, -0.1) is 0 Å². The molecule has 1 aromatic heterocycles. The zero-order valence-corrected chi connectivity index (χ0v) is 22.1. The third-order valence-electron chi connectivity index (χ3n) is 6.49. The first kappa shape index (κ1) is 26.7. The molecule has 35 heavy (non-hydrogen) atoms. The van der Waals surface area contributed by atoms with Crippen molar-refractivity contribution in [2.24, 2.45) is 5.92 Å². The van der Waals surface area contributed by atoms with Crippen LogP contribution in [0.4, 0.5) is 5.69 Å². The lowest BCUT2D eigenvalue weighted by Gasteiger charge is -2.31. The topological polar surface area (TPSA) is 107 Å². The van der Waals surface area contributed by atoms with Gasteiger partial charge >= 0.3 is 5.97 Å². The van der Waals surface area contributed by atoms with E-state index in [0.29, 0.717) is 42.2 Å². The first-order chi connectivity index (χ1) is 16.6. The molecule has 1 aliphatic heterocycles. The molecular weight excluding hydrogens is 470 g/mol. The van der Waals surface area contributed by atoms with Crippen molar-refractivity contribution in [2.45, 2.75) is 58.9 Å². The number of aromatic nitrogens is 1. The van der Waals surface area contributed by atoms with Gasteiger partial charge < -0.3 is 19.4 Å². The second-order valence-electron chi connectivity index (χ2n) is 8.73. The number of sulfonamides is 1. The summed E-state index contributed by atoms with van der Waals surface area (Å²) in [4.78, 5) is 25.9. The van der Waals surface area contributed by atoms with Crippen LogP contribution in [-0.2, 0) is 26.1 Å². The molecule has 1 N–H and O–H groups in total. The molecule has 9 nitrogen and oxygen atoms in total. The second kappa shape index (κ2) is 10.8. The highest BCUT2D eigenvalue weighted by Gasteiger charge is 2.39. The van der Waals surface area contributed by atoms with Gasteiger partial charge in [0.25, 0.3) is 0 Å². The maximum absolute atomic E-state index is 13.8. The Kier molecular flexibility index (Phi) is 8.27. The van der Waals surface area contributed by atoms with E-state index in [1.807, 2.05) is 26.0 Å². The number of hydrogen-bond acceptors (Lipinski definition) is 6.